The van der Waals surface area contributed by atoms with Crippen molar-refractivity contribution in [2.24, 2.45) is 11.7 Å². The number of nitrogens with one attached hydrogen (secondary N) is 1. The molecule has 5 nitrogen and oxygen atoms in total. The van der Waals surface area contributed by atoms with Gasteiger partial charge in [0.1, 0.15) is 0 Å². The molecule has 3 rings (SSSR count). The van der Waals surface area contributed by atoms with E-state index in [1.807, 2.05) is 6.07 Å². The van der Waals surface area contributed by atoms with E-state index in [0.29, 0.717) is 18.2 Å². The third-order valence-electron chi connectivity index (χ3n) is 4.72. The number of fused-ring (bicyclic) bond motifs is 1. The molecule has 0 bridgehead atoms. The molecule has 0 unspecified atom stereocenters. The van der Waals surface area contributed by atoms with Gasteiger partial charge in [-0.3, -0.25) is 0 Å². The summed E-state index contributed by atoms with van der Waals surface area (Å²) in [6.45, 7) is 2.50. The Labute approximate surface area is 125 Å². The summed E-state index contributed by atoms with van der Waals surface area (Å²) in [4.78, 5) is 0. The lowest BCUT2D eigenvalue weighted by molar-refractivity contribution is -0.0580. The molecule has 2 atom stereocenters. The molecule has 2 aliphatic rings. The number of aromatic hydroxyl groups is 1. The van der Waals surface area contributed by atoms with E-state index >= 15 is 0 Å². The maximum absolute atomic E-state index is 10.4. The SMILES string of the molecule is COc1ccc2c(c1O)C[C@@H](C1CCNCC1)O[C@H]2CN. The number of methoxy groups -OCH3 is 1. The molecule has 4 N–H and O–H groups in total. The Kier molecular flexibility index (Phi) is 4.33. The van der Waals surface area contributed by atoms with Crippen molar-refractivity contribution in [3.05, 3.63) is 23.3 Å². The van der Waals surface area contributed by atoms with Gasteiger partial charge in [-0.25, -0.2) is 0 Å². The summed E-state index contributed by atoms with van der Waals surface area (Å²) >= 11 is 0. The molecular formula is C16H24N2O3. The van der Waals surface area contributed by atoms with Gasteiger partial charge in [-0.1, -0.05) is 6.07 Å². The number of nitrogens with two attached hydrogens (primary N) is 1. The Morgan fingerprint density at radius 3 is 2.81 bits per heavy atom. The van der Waals surface area contributed by atoms with Crippen molar-refractivity contribution in [1.29, 1.82) is 0 Å². The zero-order valence-electron chi connectivity index (χ0n) is 12.5. The van der Waals surface area contributed by atoms with Crippen LogP contribution in [0.5, 0.6) is 11.5 Å². The Morgan fingerprint density at radius 1 is 1.38 bits per heavy atom. The van der Waals surface area contributed by atoms with Crippen LogP contribution in [0.1, 0.15) is 30.1 Å². The van der Waals surface area contributed by atoms with E-state index in [1.54, 1.807) is 13.2 Å². The molecule has 21 heavy (non-hydrogen) atoms. The first-order valence-electron chi connectivity index (χ1n) is 7.69. The van der Waals surface area contributed by atoms with Gasteiger partial charge in [0.05, 0.1) is 19.3 Å². The van der Waals surface area contributed by atoms with Crippen molar-refractivity contribution >= 4 is 0 Å². The van der Waals surface area contributed by atoms with Crippen LogP contribution >= 0.6 is 0 Å². The van der Waals surface area contributed by atoms with Crippen LogP contribution in [0.4, 0.5) is 0 Å². The first-order chi connectivity index (χ1) is 10.2. The smallest absolute Gasteiger partial charge is 0.161 e. The minimum atomic E-state index is -0.134. The highest BCUT2D eigenvalue weighted by Crippen LogP contribution is 2.42. The minimum Gasteiger partial charge on any atom is -0.504 e. The first-order valence-corrected chi connectivity index (χ1v) is 7.69. The van der Waals surface area contributed by atoms with E-state index in [9.17, 15) is 5.11 Å². The third kappa shape index (κ3) is 2.73. The predicted molar refractivity (Wildman–Crippen MR) is 80.6 cm³/mol. The first kappa shape index (κ1) is 14.6. The second kappa shape index (κ2) is 6.22. The average molecular weight is 292 g/mol. The van der Waals surface area contributed by atoms with Gasteiger partial charge in [-0.2, -0.15) is 0 Å². The number of benzene rings is 1. The maximum Gasteiger partial charge on any atom is 0.161 e. The second-order valence-corrected chi connectivity index (χ2v) is 5.87. The molecule has 5 heteroatoms. The van der Waals surface area contributed by atoms with Crippen LogP contribution in [0.3, 0.4) is 0 Å². The Morgan fingerprint density at radius 2 is 2.14 bits per heavy atom. The van der Waals surface area contributed by atoms with Crippen LogP contribution in [0.2, 0.25) is 0 Å². The van der Waals surface area contributed by atoms with Crippen molar-refractivity contribution in [2.45, 2.75) is 31.5 Å². The lowest BCUT2D eigenvalue weighted by Crippen LogP contribution is -2.40. The lowest BCUT2D eigenvalue weighted by Gasteiger charge is -2.38. The van der Waals surface area contributed by atoms with E-state index in [-0.39, 0.29) is 18.0 Å². The van der Waals surface area contributed by atoms with Crippen molar-refractivity contribution in [3.63, 3.8) is 0 Å². The molecule has 0 aromatic heterocycles. The van der Waals surface area contributed by atoms with Gasteiger partial charge < -0.3 is 25.6 Å². The summed E-state index contributed by atoms with van der Waals surface area (Å²) in [6.07, 6.45) is 2.96. The Hall–Kier alpha value is -1.30. The van der Waals surface area contributed by atoms with Gasteiger partial charge in [0.2, 0.25) is 0 Å². The monoisotopic (exact) mass is 292 g/mol. The highest BCUT2D eigenvalue weighted by Gasteiger charge is 2.34. The van der Waals surface area contributed by atoms with Gasteiger partial charge in [0.25, 0.3) is 0 Å². The van der Waals surface area contributed by atoms with Gasteiger partial charge in [0.15, 0.2) is 11.5 Å². The molecule has 2 heterocycles. The van der Waals surface area contributed by atoms with E-state index in [4.69, 9.17) is 15.2 Å². The van der Waals surface area contributed by atoms with E-state index in [1.165, 1.54) is 0 Å². The number of phenols is 1. The molecule has 1 aromatic carbocycles. The second-order valence-electron chi connectivity index (χ2n) is 5.87. The fourth-order valence-electron chi connectivity index (χ4n) is 3.52. The zero-order chi connectivity index (χ0) is 14.8. The van der Waals surface area contributed by atoms with Crippen LogP contribution in [-0.2, 0) is 11.2 Å². The molecule has 0 aliphatic carbocycles. The van der Waals surface area contributed by atoms with Crippen molar-refractivity contribution in [1.82, 2.24) is 5.32 Å². The topological polar surface area (TPSA) is 76.7 Å². The molecule has 1 fully saturated rings. The molecule has 0 amide bonds. The third-order valence-corrected chi connectivity index (χ3v) is 4.72. The summed E-state index contributed by atoms with van der Waals surface area (Å²) in [6, 6.07) is 3.75. The highest BCUT2D eigenvalue weighted by atomic mass is 16.5. The number of rotatable bonds is 3. The Balaban J connectivity index is 1.90. The summed E-state index contributed by atoms with van der Waals surface area (Å²) in [7, 11) is 1.57. The van der Waals surface area contributed by atoms with Crippen molar-refractivity contribution in [3.8, 4) is 11.5 Å². The lowest BCUT2D eigenvalue weighted by atomic mass is 9.84. The number of hydrogen-bond acceptors (Lipinski definition) is 5. The number of piperidine rings is 1. The maximum atomic E-state index is 10.4. The van der Waals surface area contributed by atoms with E-state index in [0.717, 1.165) is 43.5 Å². The number of phenolic OH excluding ortho intramolecular Hbond substituents is 1. The molecule has 0 saturated carbocycles. The summed E-state index contributed by atoms with van der Waals surface area (Å²) in [5, 5.41) is 13.8. The van der Waals surface area contributed by atoms with Crippen LogP contribution in [0.15, 0.2) is 12.1 Å². The van der Waals surface area contributed by atoms with Crippen LogP contribution < -0.4 is 15.8 Å². The van der Waals surface area contributed by atoms with E-state index < -0.39 is 0 Å². The Bertz CT molecular complexity index is 501. The van der Waals surface area contributed by atoms with Gasteiger partial charge in [-0.05, 0) is 43.5 Å². The summed E-state index contributed by atoms with van der Waals surface area (Å²) < 4.78 is 11.5. The van der Waals surface area contributed by atoms with Crippen LogP contribution in [-0.4, -0.2) is 38.0 Å². The molecule has 1 saturated heterocycles. The standard InChI is InChI=1S/C16H24N2O3/c1-20-13-3-2-11-12(16(13)19)8-14(21-15(11)9-17)10-4-6-18-7-5-10/h2-3,10,14-15,18-19H,4-9,17H2,1H3/t14-,15-/m0/s1. The van der Waals surface area contributed by atoms with Gasteiger partial charge in [0, 0.05) is 18.5 Å². The predicted octanol–water partition coefficient (Wildman–Crippen LogP) is 1.34. The fourth-order valence-corrected chi connectivity index (χ4v) is 3.52. The molecule has 0 radical (unpaired) electrons. The largest absolute Gasteiger partial charge is 0.504 e. The zero-order valence-corrected chi connectivity index (χ0v) is 12.5. The summed E-state index contributed by atoms with van der Waals surface area (Å²) in [5.41, 5.74) is 7.83. The quantitative estimate of drug-likeness (QED) is 0.784. The van der Waals surface area contributed by atoms with Crippen LogP contribution in [0.25, 0.3) is 0 Å². The molecule has 116 valence electrons. The van der Waals surface area contributed by atoms with Gasteiger partial charge >= 0.3 is 0 Å². The highest BCUT2D eigenvalue weighted by molar-refractivity contribution is 5.51. The normalized spacial score (nSPS) is 26.4. The number of ether oxygens (including phenoxy) is 2. The molecule has 1 aromatic rings. The fraction of sp³-hybridized carbons (Fsp3) is 0.625. The summed E-state index contributed by atoms with van der Waals surface area (Å²) in [5.74, 6) is 1.30. The molecule has 0 spiro atoms. The molecular weight excluding hydrogens is 268 g/mol. The van der Waals surface area contributed by atoms with E-state index in [2.05, 4.69) is 5.32 Å². The minimum absolute atomic E-state index is 0.131. The molecule has 2 aliphatic heterocycles. The van der Waals surface area contributed by atoms with Crippen LogP contribution in [0, 0.1) is 5.92 Å². The van der Waals surface area contributed by atoms with Gasteiger partial charge in [-0.15, -0.1) is 0 Å². The average Bonchev–Trinajstić information content (AvgIpc) is 2.55. The van der Waals surface area contributed by atoms with Crippen molar-refractivity contribution in [2.75, 3.05) is 26.7 Å². The number of hydrogen-bond donors (Lipinski definition) is 3. The van der Waals surface area contributed by atoms with Crippen molar-refractivity contribution < 1.29 is 14.6 Å².